The molecule has 1 rings (SSSR count). The lowest BCUT2D eigenvalue weighted by molar-refractivity contribution is -0.138. The minimum absolute atomic E-state index is 0.0121. The molecule has 110 valence electrons. The van der Waals surface area contributed by atoms with E-state index in [-0.39, 0.29) is 18.4 Å². The predicted molar refractivity (Wildman–Crippen MR) is 74.0 cm³/mol. The van der Waals surface area contributed by atoms with Crippen LogP contribution in [0, 0.1) is 11.8 Å². The minimum Gasteiger partial charge on any atom is -0.481 e. The van der Waals surface area contributed by atoms with Gasteiger partial charge in [0.1, 0.15) is 0 Å². The molecule has 0 aromatic rings. The summed E-state index contributed by atoms with van der Waals surface area (Å²) in [6.07, 6.45) is 7.15. The van der Waals surface area contributed by atoms with Crippen LogP contribution in [-0.4, -0.2) is 30.2 Å². The third-order valence-electron chi connectivity index (χ3n) is 3.90. The first-order chi connectivity index (χ1) is 9.11. The molecule has 1 aliphatic rings. The van der Waals surface area contributed by atoms with Gasteiger partial charge in [-0.05, 0) is 18.3 Å². The summed E-state index contributed by atoms with van der Waals surface area (Å²) in [4.78, 5) is 22.2. The molecule has 1 saturated carbocycles. The molecule has 0 aliphatic heterocycles. The van der Waals surface area contributed by atoms with Crippen LogP contribution in [0.3, 0.4) is 0 Å². The molecule has 0 saturated heterocycles. The number of nitrogens with one attached hydrogen (secondary N) is 2. The molecule has 0 bridgehead atoms. The quantitative estimate of drug-likeness (QED) is 0.633. The summed E-state index contributed by atoms with van der Waals surface area (Å²) in [5.41, 5.74) is 0. The molecule has 0 radical (unpaired) electrons. The molecule has 1 atom stereocenters. The lowest BCUT2D eigenvalue weighted by Gasteiger charge is -2.14. The van der Waals surface area contributed by atoms with Crippen LogP contribution < -0.4 is 10.6 Å². The van der Waals surface area contributed by atoms with Crippen molar-refractivity contribution in [3.8, 4) is 0 Å². The summed E-state index contributed by atoms with van der Waals surface area (Å²) in [6.45, 7) is 3.08. The van der Waals surface area contributed by atoms with Crippen molar-refractivity contribution >= 4 is 12.0 Å². The summed E-state index contributed by atoms with van der Waals surface area (Å²) in [5, 5.41) is 14.3. The Kier molecular flexibility index (Phi) is 7.30. The smallest absolute Gasteiger partial charge is 0.314 e. The van der Waals surface area contributed by atoms with Crippen LogP contribution in [0.4, 0.5) is 4.79 Å². The van der Waals surface area contributed by atoms with E-state index in [1.807, 2.05) is 6.92 Å². The molecular formula is C14H26N2O3. The van der Waals surface area contributed by atoms with Gasteiger partial charge in [0.25, 0.3) is 0 Å². The van der Waals surface area contributed by atoms with Gasteiger partial charge in [0.05, 0.1) is 0 Å². The van der Waals surface area contributed by atoms with Gasteiger partial charge in [-0.3, -0.25) is 4.79 Å². The van der Waals surface area contributed by atoms with Crippen molar-refractivity contribution in [2.75, 3.05) is 13.1 Å². The summed E-state index contributed by atoms with van der Waals surface area (Å²) in [5.74, 6) is -0.0240. The predicted octanol–water partition coefficient (Wildman–Crippen LogP) is 2.37. The summed E-state index contributed by atoms with van der Waals surface area (Å²) < 4.78 is 0. The second kappa shape index (κ2) is 8.77. The number of carbonyl (C=O) groups is 2. The molecular weight excluding hydrogens is 244 g/mol. The average molecular weight is 270 g/mol. The second-order valence-corrected chi connectivity index (χ2v) is 5.45. The van der Waals surface area contributed by atoms with Gasteiger partial charge in [0, 0.05) is 19.5 Å². The van der Waals surface area contributed by atoms with Gasteiger partial charge in [0.15, 0.2) is 0 Å². The SMILES string of the molecule is CCC(CNC(=O)NCCC1CCCC1)CC(=O)O. The Morgan fingerprint density at radius 2 is 1.95 bits per heavy atom. The van der Waals surface area contributed by atoms with E-state index in [1.54, 1.807) is 0 Å². The largest absolute Gasteiger partial charge is 0.481 e. The maximum atomic E-state index is 11.6. The lowest BCUT2D eigenvalue weighted by atomic mass is 10.0. The van der Waals surface area contributed by atoms with Gasteiger partial charge in [-0.15, -0.1) is 0 Å². The van der Waals surface area contributed by atoms with Crippen molar-refractivity contribution in [3.63, 3.8) is 0 Å². The molecule has 19 heavy (non-hydrogen) atoms. The second-order valence-electron chi connectivity index (χ2n) is 5.45. The van der Waals surface area contributed by atoms with Crippen molar-refractivity contribution in [1.29, 1.82) is 0 Å². The minimum atomic E-state index is -0.810. The highest BCUT2D eigenvalue weighted by molar-refractivity contribution is 5.74. The first kappa shape index (κ1) is 15.8. The van der Waals surface area contributed by atoms with Gasteiger partial charge in [-0.25, -0.2) is 4.79 Å². The fraction of sp³-hybridized carbons (Fsp3) is 0.857. The van der Waals surface area contributed by atoms with E-state index in [9.17, 15) is 9.59 Å². The van der Waals surface area contributed by atoms with Crippen LogP contribution in [0.2, 0.25) is 0 Å². The average Bonchev–Trinajstić information content (AvgIpc) is 2.87. The zero-order valence-corrected chi connectivity index (χ0v) is 11.8. The Labute approximate surface area is 115 Å². The van der Waals surface area contributed by atoms with Gasteiger partial charge < -0.3 is 15.7 Å². The molecule has 0 spiro atoms. The van der Waals surface area contributed by atoms with Crippen molar-refractivity contribution in [2.24, 2.45) is 11.8 Å². The number of rotatable bonds is 8. The van der Waals surface area contributed by atoms with Crippen LogP contribution in [-0.2, 0) is 4.79 Å². The van der Waals surface area contributed by atoms with E-state index in [2.05, 4.69) is 10.6 Å². The monoisotopic (exact) mass is 270 g/mol. The number of hydrogen-bond donors (Lipinski definition) is 3. The van der Waals surface area contributed by atoms with Crippen molar-refractivity contribution in [3.05, 3.63) is 0 Å². The van der Waals surface area contributed by atoms with Crippen LogP contribution in [0.1, 0.15) is 51.9 Å². The number of hydrogen-bond acceptors (Lipinski definition) is 2. The first-order valence-corrected chi connectivity index (χ1v) is 7.35. The Balaban J connectivity index is 2.07. The molecule has 5 heteroatoms. The van der Waals surface area contributed by atoms with Gasteiger partial charge in [0.2, 0.25) is 0 Å². The van der Waals surface area contributed by atoms with E-state index >= 15 is 0 Å². The fourth-order valence-corrected chi connectivity index (χ4v) is 2.60. The van der Waals surface area contributed by atoms with Crippen molar-refractivity contribution < 1.29 is 14.7 Å². The summed E-state index contributed by atoms with van der Waals surface area (Å²) >= 11 is 0. The molecule has 0 aromatic carbocycles. The highest BCUT2D eigenvalue weighted by Gasteiger charge is 2.15. The van der Waals surface area contributed by atoms with Gasteiger partial charge >= 0.3 is 12.0 Å². The highest BCUT2D eigenvalue weighted by atomic mass is 16.4. The molecule has 1 fully saturated rings. The number of carboxylic acids is 1. The number of carboxylic acid groups (broad SMARTS) is 1. The molecule has 5 nitrogen and oxygen atoms in total. The Morgan fingerprint density at radius 1 is 1.26 bits per heavy atom. The Hall–Kier alpha value is -1.26. The molecule has 1 unspecified atom stereocenters. The van der Waals surface area contributed by atoms with Crippen molar-refractivity contribution in [1.82, 2.24) is 10.6 Å². The molecule has 0 heterocycles. The Morgan fingerprint density at radius 3 is 2.53 bits per heavy atom. The van der Waals surface area contributed by atoms with Gasteiger partial charge in [-0.1, -0.05) is 39.0 Å². The zero-order chi connectivity index (χ0) is 14.1. The summed E-state index contributed by atoms with van der Waals surface area (Å²) in [6, 6.07) is -0.179. The third kappa shape index (κ3) is 7.03. The topological polar surface area (TPSA) is 78.4 Å². The standard InChI is InChI=1S/C14H26N2O3/c1-2-11(9-13(17)18)10-16-14(19)15-8-7-12-5-3-4-6-12/h11-12H,2-10H2,1H3,(H,17,18)(H2,15,16,19). The van der Waals surface area contributed by atoms with Gasteiger partial charge in [-0.2, -0.15) is 0 Å². The number of carbonyl (C=O) groups excluding carboxylic acids is 1. The van der Waals surface area contributed by atoms with Crippen LogP contribution in [0.5, 0.6) is 0 Å². The van der Waals surface area contributed by atoms with E-state index in [0.717, 1.165) is 18.8 Å². The van der Waals surface area contributed by atoms with Crippen molar-refractivity contribution in [2.45, 2.75) is 51.9 Å². The maximum Gasteiger partial charge on any atom is 0.314 e. The van der Waals surface area contributed by atoms with E-state index in [0.29, 0.717) is 13.1 Å². The number of amides is 2. The summed E-state index contributed by atoms with van der Waals surface area (Å²) in [7, 11) is 0. The normalized spacial score (nSPS) is 17.1. The lowest BCUT2D eigenvalue weighted by Crippen LogP contribution is -2.39. The molecule has 2 amide bonds. The van der Waals surface area contributed by atoms with Crippen LogP contribution in [0.15, 0.2) is 0 Å². The highest BCUT2D eigenvalue weighted by Crippen LogP contribution is 2.26. The van der Waals surface area contributed by atoms with E-state index < -0.39 is 5.97 Å². The zero-order valence-electron chi connectivity index (χ0n) is 11.8. The number of aliphatic carboxylic acids is 1. The number of urea groups is 1. The molecule has 0 aromatic heterocycles. The Bertz CT molecular complexity index is 288. The van der Waals surface area contributed by atoms with Crippen LogP contribution >= 0.6 is 0 Å². The fourth-order valence-electron chi connectivity index (χ4n) is 2.60. The molecule has 1 aliphatic carbocycles. The first-order valence-electron chi connectivity index (χ1n) is 7.35. The molecule has 3 N–H and O–H groups in total. The maximum absolute atomic E-state index is 11.6. The third-order valence-corrected chi connectivity index (χ3v) is 3.90. The van der Waals surface area contributed by atoms with Crippen LogP contribution in [0.25, 0.3) is 0 Å². The van der Waals surface area contributed by atoms with E-state index in [4.69, 9.17) is 5.11 Å². The van der Waals surface area contributed by atoms with E-state index in [1.165, 1.54) is 25.7 Å².